The second kappa shape index (κ2) is 10.2. The molecule has 3 fully saturated rings. The summed E-state index contributed by atoms with van der Waals surface area (Å²) in [5.41, 5.74) is -0.137. The van der Waals surface area contributed by atoms with Crippen molar-refractivity contribution in [2.24, 2.45) is 11.3 Å². The Balaban J connectivity index is 1.36. The summed E-state index contributed by atoms with van der Waals surface area (Å²) in [6, 6.07) is 5.09. The van der Waals surface area contributed by atoms with Crippen LogP contribution in [0.5, 0.6) is 11.5 Å². The molecule has 3 amide bonds. The van der Waals surface area contributed by atoms with Crippen molar-refractivity contribution < 1.29 is 37.0 Å². The number of nitrogens with zero attached hydrogens (tertiary/aromatic N) is 2. The van der Waals surface area contributed by atoms with Crippen molar-refractivity contribution in [1.82, 2.24) is 15.5 Å². The quantitative estimate of drug-likeness (QED) is 0.556. The van der Waals surface area contributed by atoms with E-state index < -0.39 is 42.6 Å². The number of likely N-dealkylation sites (tertiary alicyclic amines) is 1. The van der Waals surface area contributed by atoms with Gasteiger partial charge in [-0.3, -0.25) is 14.4 Å². The predicted molar refractivity (Wildman–Crippen MR) is 118 cm³/mol. The molecule has 3 aliphatic rings. The van der Waals surface area contributed by atoms with E-state index in [1.807, 2.05) is 6.07 Å². The third kappa shape index (κ3) is 6.01. The molecule has 4 rings (SSSR count). The van der Waals surface area contributed by atoms with Crippen LogP contribution in [0.25, 0.3) is 0 Å². The lowest BCUT2D eigenvalue weighted by molar-refractivity contribution is -0.274. The molecular weight excluding hydrogens is 481 g/mol. The number of halogens is 3. The maximum atomic E-state index is 13.1. The van der Waals surface area contributed by atoms with E-state index in [9.17, 15) is 32.8 Å². The number of amides is 3. The largest absolute Gasteiger partial charge is 0.573 e. The van der Waals surface area contributed by atoms with Crippen LogP contribution in [0, 0.1) is 22.7 Å². The summed E-state index contributed by atoms with van der Waals surface area (Å²) in [7, 11) is 0. The first kappa shape index (κ1) is 25.6. The molecule has 1 aromatic rings. The molecule has 194 valence electrons. The smallest absolute Gasteiger partial charge is 0.484 e. The average molecular weight is 508 g/mol. The Bertz CT molecular complexity index is 1040. The number of hydrogen-bond acceptors (Lipinski definition) is 6. The first-order chi connectivity index (χ1) is 17.1. The van der Waals surface area contributed by atoms with Crippen LogP contribution in [0.2, 0.25) is 0 Å². The van der Waals surface area contributed by atoms with Gasteiger partial charge in [0.25, 0.3) is 5.91 Å². The summed E-state index contributed by atoms with van der Waals surface area (Å²) in [6.07, 6.45) is -0.720. The number of hydrogen-bond donors (Lipinski definition) is 2. The number of rotatable bonds is 8. The zero-order valence-corrected chi connectivity index (χ0v) is 19.5. The molecule has 2 heterocycles. The van der Waals surface area contributed by atoms with Gasteiger partial charge < -0.3 is 25.0 Å². The van der Waals surface area contributed by atoms with Crippen LogP contribution in [0.3, 0.4) is 0 Å². The average Bonchev–Trinajstić information content (AvgIpc) is 3.41. The highest BCUT2D eigenvalue weighted by Crippen LogP contribution is 2.50. The number of carbonyl (C=O) groups excluding carboxylic acids is 3. The Kier molecular flexibility index (Phi) is 7.28. The molecule has 12 heteroatoms. The van der Waals surface area contributed by atoms with Gasteiger partial charge in [-0.25, -0.2) is 0 Å². The van der Waals surface area contributed by atoms with Gasteiger partial charge >= 0.3 is 6.36 Å². The molecule has 3 atom stereocenters. The monoisotopic (exact) mass is 508 g/mol. The number of ether oxygens (including phenoxy) is 2. The van der Waals surface area contributed by atoms with Gasteiger partial charge in [0.05, 0.1) is 6.07 Å². The first-order valence-electron chi connectivity index (χ1n) is 11.8. The molecule has 1 saturated carbocycles. The third-order valence-electron chi connectivity index (χ3n) is 7.12. The molecule has 2 saturated heterocycles. The highest BCUT2D eigenvalue weighted by Gasteiger charge is 2.51. The van der Waals surface area contributed by atoms with Crippen LogP contribution >= 0.6 is 0 Å². The molecule has 1 spiro atoms. The zero-order chi connectivity index (χ0) is 25.9. The van der Waals surface area contributed by atoms with Crippen LogP contribution in [0.15, 0.2) is 24.3 Å². The molecule has 1 unspecified atom stereocenters. The predicted octanol–water partition coefficient (Wildman–Crippen LogP) is 2.27. The van der Waals surface area contributed by atoms with Gasteiger partial charge in [-0.1, -0.05) is 6.42 Å². The van der Waals surface area contributed by atoms with Crippen LogP contribution in [-0.2, 0) is 14.4 Å². The van der Waals surface area contributed by atoms with E-state index in [0.717, 1.165) is 31.4 Å². The number of nitrogens with one attached hydrogen (secondary N) is 2. The topological polar surface area (TPSA) is 121 Å². The van der Waals surface area contributed by atoms with Crippen LogP contribution < -0.4 is 20.1 Å². The molecule has 0 radical (unpaired) electrons. The molecule has 1 aliphatic carbocycles. The van der Waals surface area contributed by atoms with Gasteiger partial charge in [-0.15, -0.1) is 13.2 Å². The van der Waals surface area contributed by atoms with Gasteiger partial charge in [-0.2, -0.15) is 5.26 Å². The highest BCUT2D eigenvalue weighted by atomic mass is 19.4. The minimum atomic E-state index is -4.81. The lowest BCUT2D eigenvalue weighted by Gasteiger charge is -2.37. The zero-order valence-electron chi connectivity index (χ0n) is 19.5. The number of alkyl halides is 3. The summed E-state index contributed by atoms with van der Waals surface area (Å²) in [6.45, 7) is 0.540. The van der Waals surface area contributed by atoms with Crippen LogP contribution in [-0.4, -0.2) is 60.8 Å². The van der Waals surface area contributed by atoms with E-state index in [-0.39, 0.29) is 29.4 Å². The summed E-state index contributed by atoms with van der Waals surface area (Å²) in [4.78, 5) is 39.5. The highest BCUT2D eigenvalue weighted by molar-refractivity contribution is 5.89. The Morgan fingerprint density at radius 1 is 1.25 bits per heavy atom. The molecule has 2 aliphatic heterocycles. The SMILES string of the molecule is N#C[C@H](C[C@@H]1CCNC1=O)NC(=O)C1CC2(CCC2)CN1C(=O)COc1ccc(OC(F)(F)F)cc1. The van der Waals surface area contributed by atoms with E-state index in [1.165, 1.54) is 17.0 Å². The molecule has 9 nitrogen and oxygen atoms in total. The van der Waals surface area contributed by atoms with Crippen LogP contribution in [0.1, 0.15) is 38.5 Å². The van der Waals surface area contributed by atoms with Crippen molar-refractivity contribution >= 4 is 17.7 Å². The summed E-state index contributed by atoms with van der Waals surface area (Å²) >= 11 is 0. The fraction of sp³-hybridized carbons (Fsp3) is 0.583. The maximum Gasteiger partial charge on any atom is 0.573 e. The summed E-state index contributed by atoms with van der Waals surface area (Å²) in [5.74, 6) is -1.58. The van der Waals surface area contributed by atoms with Gasteiger partial charge in [0.1, 0.15) is 23.6 Å². The van der Waals surface area contributed by atoms with E-state index in [2.05, 4.69) is 15.4 Å². The molecular formula is C24H27F3N4O5. The lowest BCUT2D eigenvalue weighted by Crippen LogP contribution is -2.50. The Labute approximate surface area is 205 Å². The van der Waals surface area contributed by atoms with E-state index >= 15 is 0 Å². The van der Waals surface area contributed by atoms with E-state index in [4.69, 9.17) is 4.74 Å². The molecule has 0 bridgehead atoms. The summed E-state index contributed by atoms with van der Waals surface area (Å²) < 4.78 is 46.2. The minimum absolute atomic E-state index is 0.134. The standard InChI is InChI=1S/C24H27F3N4O5/c25-24(26,27)36-18-4-2-17(3-5-18)35-13-20(32)31-14-23(7-1-8-23)11-19(31)22(34)30-16(12-28)10-15-6-9-29-21(15)33/h2-5,15-16,19H,1,6-11,13-14H2,(H,29,33)(H,30,34)/t15-,16-,19?/m0/s1. The first-order valence-corrected chi connectivity index (χ1v) is 11.8. The van der Waals surface area contributed by atoms with Crippen molar-refractivity contribution in [3.05, 3.63) is 24.3 Å². The fourth-order valence-electron chi connectivity index (χ4n) is 5.12. The second-order valence-corrected chi connectivity index (χ2v) is 9.61. The van der Waals surface area contributed by atoms with Crippen molar-refractivity contribution in [3.8, 4) is 17.6 Å². The van der Waals surface area contributed by atoms with Gasteiger partial charge in [0.2, 0.25) is 11.8 Å². The second-order valence-electron chi connectivity index (χ2n) is 9.61. The van der Waals surface area contributed by atoms with Crippen molar-refractivity contribution in [2.45, 2.75) is 57.0 Å². The molecule has 0 aromatic heterocycles. The number of benzene rings is 1. The Morgan fingerprint density at radius 3 is 2.50 bits per heavy atom. The Hall–Kier alpha value is -3.49. The minimum Gasteiger partial charge on any atom is -0.484 e. The van der Waals surface area contributed by atoms with Crippen molar-refractivity contribution in [2.75, 3.05) is 19.7 Å². The summed E-state index contributed by atoms with van der Waals surface area (Å²) in [5, 5.41) is 14.9. The maximum absolute atomic E-state index is 13.1. The fourth-order valence-corrected chi connectivity index (χ4v) is 5.12. The van der Waals surface area contributed by atoms with Gasteiger partial charge in [0, 0.05) is 19.0 Å². The normalized spacial score (nSPS) is 23.4. The molecule has 1 aromatic carbocycles. The number of carbonyl (C=O) groups is 3. The van der Waals surface area contributed by atoms with Crippen LogP contribution in [0.4, 0.5) is 13.2 Å². The third-order valence-corrected chi connectivity index (χ3v) is 7.12. The molecule has 2 N–H and O–H groups in total. The van der Waals surface area contributed by atoms with Gasteiger partial charge in [0.15, 0.2) is 6.61 Å². The van der Waals surface area contributed by atoms with E-state index in [0.29, 0.717) is 25.9 Å². The van der Waals surface area contributed by atoms with Crippen molar-refractivity contribution in [1.29, 1.82) is 5.26 Å². The van der Waals surface area contributed by atoms with E-state index in [1.54, 1.807) is 0 Å². The van der Waals surface area contributed by atoms with Gasteiger partial charge in [-0.05, 0) is 61.8 Å². The van der Waals surface area contributed by atoms with Crippen molar-refractivity contribution in [3.63, 3.8) is 0 Å². The Morgan fingerprint density at radius 2 is 1.94 bits per heavy atom. The lowest BCUT2D eigenvalue weighted by atomic mass is 9.67. The number of nitriles is 1. The molecule has 36 heavy (non-hydrogen) atoms.